The molecule has 94 valence electrons. The van der Waals surface area contributed by atoms with Crippen LogP contribution in [0, 0.1) is 0 Å². The molecule has 0 aliphatic heterocycles. The molecule has 5 heteroatoms. The lowest BCUT2D eigenvalue weighted by Crippen LogP contribution is -2.22. The third-order valence-corrected chi connectivity index (χ3v) is 3.03. The minimum Gasteiger partial charge on any atom is -0.381 e. The summed E-state index contributed by atoms with van der Waals surface area (Å²) < 4.78 is 36.9. The molecule has 1 saturated carbocycles. The van der Waals surface area contributed by atoms with E-state index in [2.05, 4.69) is 10.3 Å². The van der Waals surface area contributed by atoms with E-state index in [0.717, 1.165) is 18.9 Å². The van der Waals surface area contributed by atoms with Crippen LogP contribution in [-0.4, -0.2) is 11.0 Å². The maximum Gasteiger partial charge on any atom is 0.433 e. The van der Waals surface area contributed by atoms with Crippen LogP contribution >= 0.6 is 0 Å². The molecular formula is C12H15F3N2. The molecule has 1 heterocycles. The molecule has 2 nitrogen and oxygen atoms in total. The van der Waals surface area contributed by atoms with Crippen LogP contribution in [0.5, 0.6) is 0 Å². The molecule has 1 fully saturated rings. The molecule has 1 aromatic heterocycles. The molecule has 0 spiro atoms. The van der Waals surface area contributed by atoms with Crippen LogP contribution in [0.1, 0.15) is 37.8 Å². The molecule has 0 aromatic carbocycles. The van der Waals surface area contributed by atoms with Crippen molar-refractivity contribution in [2.24, 2.45) is 0 Å². The lowest BCUT2D eigenvalue weighted by molar-refractivity contribution is -0.141. The quantitative estimate of drug-likeness (QED) is 0.854. The van der Waals surface area contributed by atoms with Gasteiger partial charge in [-0.25, -0.2) is 4.98 Å². The molecule has 2 rings (SSSR count). The fourth-order valence-corrected chi connectivity index (χ4v) is 2.13. The number of alkyl halides is 3. The predicted octanol–water partition coefficient (Wildman–Crippen LogP) is 3.85. The SMILES string of the molecule is FC(F)(F)c1ccc(NC2CCCCC2)cn1. The molecule has 0 saturated heterocycles. The average molecular weight is 244 g/mol. The summed E-state index contributed by atoms with van der Waals surface area (Å²) in [6.45, 7) is 0. The van der Waals surface area contributed by atoms with E-state index in [1.54, 1.807) is 0 Å². The van der Waals surface area contributed by atoms with Crippen LogP contribution < -0.4 is 5.32 Å². The fourth-order valence-electron chi connectivity index (χ4n) is 2.13. The first-order chi connectivity index (χ1) is 8.05. The first-order valence-corrected chi connectivity index (χ1v) is 5.85. The molecule has 1 aliphatic carbocycles. The summed E-state index contributed by atoms with van der Waals surface area (Å²) in [6.07, 6.45) is 2.70. The third-order valence-electron chi connectivity index (χ3n) is 3.03. The number of nitrogens with one attached hydrogen (secondary N) is 1. The topological polar surface area (TPSA) is 24.9 Å². The number of pyridine rings is 1. The van der Waals surface area contributed by atoms with Gasteiger partial charge < -0.3 is 5.32 Å². The Bertz CT molecular complexity index is 353. The number of anilines is 1. The van der Waals surface area contributed by atoms with Gasteiger partial charge in [0.15, 0.2) is 0 Å². The van der Waals surface area contributed by atoms with Crippen LogP contribution in [0.2, 0.25) is 0 Å². The van der Waals surface area contributed by atoms with Crippen LogP contribution in [0.3, 0.4) is 0 Å². The Morgan fingerprint density at radius 2 is 1.82 bits per heavy atom. The molecule has 0 bridgehead atoms. The second kappa shape index (κ2) is 4.94. The van der Waals surface area contributed by atoms with Gasteiger partial charge in [-0.1, -0.05) is 19.3 Å². The molecule has 0 atom stereocenters. The molecule has 1 aromatic rings. The van der Waals surface area contributed by atoms with Crippen molar-refractivity contribution in [1.82, 2.24) is 4.98 Å². The Hall–Kier alpha value is -1.26. The van der Waals surface area contributed by atoms with E-state index in [-0.39, 0.29) is 0 Å². The van der Waals surface area contributed by atoms with E-state index < -0.39 is 11.9 Å². The van der Waals surface area contributed by atoms with Crippen molar-refractivity contribution in [3.8, 4) is 0 Å². The maximum absolute atomic E-state index is 12.3. The second-order valence-corrected chi connectivity index (χ2v) is 4.41. The fraction of sp³-hybridized carbons (Fsp3) is 0.583. The number of hydrogen-bond donors (Lipinski definition) is 1. The Morgan fingerprint density at radius 3 is 2.35 bits per heavy atom. The van der Waals surface area contributed by atoms with Gasteiger partial charge in [0.25, 0.3) is 0 Å². The zero-order chi connectivity index (χ0) is 12.3. The van der Waals surface area contributed by atoms with Gasteiger partial charge in [-0.05, 0) is 25.0 Å². The first-order valence-electron chi connectivity index (χ1n) is 5.85. The van der Waals surface area contributed by atoms with Crippen molar-refractivity contribution in [2.45, 2.75) is 44.3 Å². The van der Waals surface area contributed by atoms with Gasteiger partial charge >= 0.3 is 6.18 Å². The Balaban J connectivity index is 1.98. The largest absolute Gasteiger partial charge is 0.433 e. The highest BCUT2D eigenvalue weighted by Crippen LogP contribution is 2.28. The van der Waals surface area contributed by atoms with Crippen molar-refractivity contribution in [1.29, 1.82) is 0 Å². The van der Waals surface area contributed by atoms with Crippen LogP contribution in [-0.2, 0) is 6.18 Å². The highest BCUT2D eigenvalue weighted by atomic mass is 19.4. The standard InChI is InChI=1S/C12H15F3N2/c13-12(14,15)11-7-6-10(8-16-11)17-9-4-2-1-3-5-9/h6-9,17H,1-5H2. The van der Waals surface area contributed by atoms with Gasteiger partial charge in [0.05, 0.1) is 11.9 Å². The van der Waals surface area contributed by atoms with E-state index in [1.807, 2.05) is 0 Å². The van der Waals surface area contributed by atoms with E-state index in [1.165, 1.54) is 31.5 Å². The molecule has 0 radical (unpaired) electrons. The van der Waals surface area contributed by atoms with Gasteiger partial charge in [-0.3, -0.25) is 0 Å². The second-order valence-electron chi connectivity index (χ2n) is 4.41. The zero-order valence-corrected chi connectivity index (χ0v) is 9.43. The normalized spacial score (nSPS) is 18.1. The monoisotopic (exact) mass is 244 g/mol. The zero-order valence-electron chi connectivity index (χ0n) is 9.43. The van der Waals surface area contributed by atoms with Gasteiger partial charge in [0.1, 0.15) is 5.69 Å². The third kappa shape index (κ3) is 3.35. The van der Waals surface area contributed by atoms with Gasteiger partial charge in [-0.15, -0.1) is 0 Å². The molecule has 1 N–H and O–H groups in total. The summed E-state index contributed by atoms with van der Waals surface area (Å²) in [5.74, 6) is 0. The number of hydrogen-bond acceptors (Lipinski definition) is 2. The predicted molar refractivity (Wildman–Crippen MR) is 59.7 cm³/mol. The summed E-state index contributed by atoms with van der Waals surface area (Å²) in [7, 11) is 0. The summed E-state index contributed by atoms with van der Waals surface area (Å²) >= 11 is 0. The number of aromatic nitrogens is 1. The summed E-state index contributed by atoms with van der Waals surface area (Å²) in [4.78, 5) is 3.43. The highest BCUT2D eigenvalue weighted by Gasteiger charge is 2.32. The summed E-state index contributed by atoms with van der Waals surface area (Å²) in [5.41, 5.74) is -0.170. The highest BCUT2D eigenvalue weighted by molar-refractivity contribution is 5.42. The van der Waals surface area contributed by atoms with Gasteiger partial charge in [-0.2, -0.15) is 13.2 Å². The smallest absolute Gasteiger partial charge is 0.381 e. The average Bonchev–Trinajstić information content (AvgIpc) is 2.30. The lowest BCUT2D eigenvalue weighted by atomic mass is 9.95. The van der Waals surface area contributed by atoms with Crippen molar-refractivity contribution >= 4 is 5.69 Å². The Labute approximate surface area is 98.2 Å². The van der Waals surface area contributed by atoms with Gasteiger partial charge in [0, 0.05) is 6.04 Å². The summed E-state index contributed by atoms with van der Waals surface area (Å²) in [5, 5.41) is 3.23. The van der Waals surface area contributed by atoms with Gasteiger partial charge in [0.2, 0.25) is 0 Å². The van der Waals surface area contributed by atoms with E-state index in [9.17, 15) is 13.2 Å². The Morgan fingerprint density at radius 1 is 1.12 bits per heavy atom. The molecular weight excluding hydrogens is 229 g/mol. The maximum atomic E-state index is 12.3. The number of rotatable bonds is 2. The summed E-state index contributed by atoms with van der Waals surface area (Å²) in [6, 6.07) is 2.84. The van der Waals surface area contributed by atoms with Crippen molar-refractivity contribution in [2.75, 3.05) is 5.32 Å². The van der Waals surface area contributed by atoms with E-state index in [0.29, 0.717) is 11.7 Å². The minimum atomic E-state index is -4.36. The van der Waals surface area contributed by atoms with Crippen LogP contribution in [0.25, 0.3) is 0 Å². The van der Waals surface area contributed by atoms with Crippen molar-refractivity contribution in [3.05, 3.63) is 24.0 Å². The molecule has 1 aliphatic rings. The lowest BCUT2D eigenvalue weighted by Gasteiger charge is -2.23. The van der Waals surface area contributed by atoms with E-state index in [4.69, 9.17) is 0 Å². The number of halogens is 3. The van der Waals surface area contributed by atoms with Crippen LogP contribution in [0.4, 0.5) is 18.9 Å². The first kappa shape index (κ1) is 12.2. The van der Waals surface area contributed by atoms with Crippen molar-refractivity contribution in [3.63, 3.8) is 0 Å². The number of nitrogens with zero attached hydrogens (tertiary/aromatic N) is 1. The molecule has 17 heavy (non-hydrogen) atoms. The Kier molecular flexibility index (Phi) is 3.54. The molecule has 0 unspecified atom stereocenters. The van der Waals surface area contributed by atoms with E-state index >= 15 is 0 Å². The molecule has 0 amide bonds. The minimum absolute atomic E-state index is 0.377. The van der Waals surface area contributed by atoms with Crippen LogP contribution in [0.15, 0.2) is 18.3 Å². The van der Waals surface area contributed by atoms with Crippen molar-refractivity contribution < 1.29 is 13.2 Å².